The summed E-state index contributed by atoms with van der Waals surface area (Å²) in [6.07, 6.45) is -0.0706. The normalized spacial score (nSPS) is 14.0. The van der Waals surface area contributed by atoms with Gasteiger partial charge < -0.3 is 5.32 Å². The molecule has 1 N–H and O–H groups in total. The average Bonchev–Trinajstić information content (AvgIpc) is 2.76. The number of rotatable bonds is 7. The van der Waals surface area contributed by atoms with Crippen molar-refractivity contribution in [3.63, 3.8) is 0 Å². The van der Waals surface area contributed by atoms with E-state index in [0.29, 0.717) is 15.6 Å². The lowest BCUT2D eigenvalue weighted by Crippen LogP contribution is -2.36. The molecule has 1 aromatic rings. The Labute approximate surface area is 148 Å². The fourth-order valence-electron chi connectivity index (χ4n) is 2.26. The van der Waals surface area contributed by atoms with Crippen LogP contribution in [-0.4, -0.2) is 55.6 Å². The molecule has 0 aliphatic carbocycles. The highest BCUT2D eigenvalue weighted by Crippen LogP contribution is 2.25. The molecule has 0 unspecified atom stereocenters. The van der Waals surface area contributed by atoms with Crippen molar-refractivity contribution in [1.29, 1.82) is 0 Å². The highest BCUT2D eigenvalue weighted by Gasteiger charge is 2.35. The van der Waals surface area contributed by atoms with Gasteiger partial charge in [0.25, 0.3) is 11.8 Å². The van der Waals surface area contributed by atoms with E-state index in [-0.39, 0.29) is 31.0 Å². The van der Waals surface area contributed by atoms with Gasteiger partial charge >= 0.3 is 0 Å². The summed E-state index contributed by atoms with van der Waals surface area (Å²) in [5, 5.41) is 2.48. The van der Waals surface area contributed by atoms with Crippen LogP contribution in [0.15, 0.2) is 22.7 Å². The third-order valence-electron chi connectivity index (χ3n) is 3.67. The number of amides is 3. The molecule has 1 aliphatic rings. The van der Waals surface area contributed by atoms with Gasteiger partial charge in [-0.15, -0.1) is 0 Å². The number of hydrogen-bond donors (Lipinski definition) is 1. The molecular weight excluding hydrogens is 400 g/mol. The van der Waals surface area contributed by atoms with Crippen LogP contribution >= 0.6 is 15.9 Å². The van der Waals surface area contributed by atoms with Crippen LogP contribution in [0.3, 0.4) is 0 Å². The standard InChI is InChI=1S/C15H17BrN2O5S/c1-2-24(22,23)8-6-17-13(19)5-7-18-14(20)11-4-3-10(16)9-12(11)15(18)21/h3-4,9H,2,5-8H2,1H3,(H,17,19). The van der Waals surface area contributed by atoms with Gasteiger partial charge in [-0.3, -0.25) is 19.3 Å². The largest absolute Gasteiger partial charge is 0.355 e. The molecule has 1 aliphatic heterocycles. The molecule has 1 aromatic carbocycles. The number of nitrogens with zero attached hydrogens (tertiary/aromatic N) is 1. The minimum absolute atomic E-state index is 0.0179. The van der Waals surface area contributed by atoms with Gasteiger partial charge in [-0.1, -0.05) is 22.9 Å². The molecule has 0 saturated heterocycles. The fraction of sp³-hybridized carbons (Fsp3) is 0.400. The lowest BCUT2D eigenvalue weighted by molar-refractivity contribution is -0.121. The second-order valence-corrected chi connectivity index (χ2v) is 8.68. The Kier molecular flexibility index (Phi) is 5.76. The van der Waals surface area contributed by atoms with E-state index in [1.165, 1.54) is 6.92 Å². The Morgan fingerprint density at radius 2 is 1.88 bits per heavy atom. The second-order valence-electron chi connectivity index (χ2n) is 5.29. The second kappa shape index (κ2) is 7.43. The molecule has 9 heteroatoms. The van der Waals surface area contributed by atoms with Crippen LogP contribution in [0.25, 0.3) is 0 Å². The quantitative estimate of drug-likeness (QED) is 0.667. The number of benzene rings is 1. The van der Waals surface area contributed by atoms with E-state index < -0.39 is 27.6 Å². The first-order valence-corrected chi connectivity index (χ1v) is 9.99. The molecule has 0 spiro atoms. The van der Waals surface area contributed by atoms with E-state index >= 15 is 0 Å². The average molecular weight is 417 g/mol. The third kappa shape index (κ3) is 4.21. The molecule has 7 nitrogen and oxygen atoms in total. The highest BCUT2D eigenvalue weighted by atomic mass is 79.9. The molecule has 2 rings (SSSR count). The van der Waals surface area contributed by atoms with Crippen molar-refractivity contribution in [2.24, 2.45) is 0 Å². The van der Waals surface area contributed by atoms with Crippen LogP contribution in [0.2, 0.25) is 0 Å². The lowest BCUT2D eigenvalue weighted by Gasteiger charge is -2.13. The zero-order chi connectivity index (χ0) is 17.9. The Morgan fingerprint density at radius 1 is 1.21 bits per heavy atom. The van der Waals surface area contributed by atoms with E-state index in [1.54, 1.807) is 18.2 Å². The Morgan fingerprint density at radius 3 is 2.54 bits per heavy atom. The SMILES string of the molecule is CCS(=O)(=O)CCNC(=O)CCN1C(=O)c2ccc(Br)cc2C1=O. The van der Waals surface area contributed by atoms with Gasteiger partial charge in [-0.05, 0) is 18.2 Å². The molecule has 0 atom stereocenters. The fourth-order valence-corrected chi connectivity index (χ4v) is 3.32. The summed E-state index contributed by atoms with van der Waals surface area (Å²) in [6.45, 7) is 1.51. The number of carbonyl (C=O) groups excluding carboxylic acids is 3. The van der Waals surface area contributed by atoms with E-state index in [0.717, 1.165) is 4.90 Å². The van der Waals surface area contributed by atoms with Gasteiger partial charge in [0.2, 0.25) is 5.91 Å². The van der Waals surface area contributed by atoms with Gasteiger partial charge in [0.15, 0.2) is 9.84 Å². The van der Waals surface area contributed by atoms with Crippen molar-refractivity contribution >= 4 is 43.5 Å². The van der Waals surface area contributed by atoms with Crippen molar-refractivity contribution in [1.82, 2.24) is 10.2 Å². The van der Waals surface area contributed by atoms with Crippen molar-refractivity contribution in [2.45, 2.75) is 13.3 Å². The highest BCUT2D eigenvalue weighted by molar-refractivity contribution is 9.10. The van der Waals surface area contributed by atoms with Crippen molar-refractivity contribution in [3.8, 4) is 0 Å². The summed E-state index contributed by atoms with van der Waals surface area (Å²) in [4.78, 5) is 37.2. The minimum Gasteiger partial charge on any atom is -0.355 e. The summed E-state index contributed by atoms with van der Waals surface area (Å²) >= 11 is 3.25. The summed E-state index contributed by atoms with van der Waals surface area (Å²) in [5.74, 6) is -1.37. The number of sulfone groups is 1. The number of nitrogens with one attached hydrogen (secondary N) is 1. The number of hydrogen-bond acceptors (Lipinski definition) is 5. The molecule has 0 saturated carbocycles. The Hall–Kier alpha value is -1.74. The summed E-state index contributed by atoms with van der Waals surface area (Å²) in [6, 6.07) is 4.81. The maximum atomic E-state index is 12.2. The van der Waals surface area contributed by atoms with Gasteiger partial charge in [0.1, 0.15) is 0 Å². The van der Waals surface area contributed by atoms with Crippen LogP contribution < -0.4 is 5.32 Å². The van der Waals surface area contributed by atoms with Gasteiger partial charge in [-0.25, -0.2) is 8.42 Å². The van der Waals surface area contributed by atoms with Crippen LogP contribution in [-0.2, 0) is 14.6 Å². The van der Waals surface area contributed by atoms with Crippen LogP contribution in [0, 0.1) is 0 Å². The first-order chi connectivity index (χ1) is 11.2. The monoisotopic (exact) mass is 416 g/mol. The predicted molar refractivity (Wildman–Crippen MR) is 91.5 cm³/mol. The first kappa shape index (κ1) is 18.6. The number of fused-ring (bicyclic) bond motifs is 1. The Bertz CT molecular complexity index is 791. The molecule has 130 valence electrons. The number of imide groups is 1. The number of carbonyl (C=O) groups is 3. The molecule has 24 heavy (non-hydrogen) atoms. The van der Waals surface area contributed by atoms with E-state index in [1.807, 2.05) is 0 Å². The summed E-state index contributed by atoms with van der Waals surface area (Å²) in [7, 11) is -3.14. The van der Waals surface area contributed by atoms with Crippen LogP contribution in [0.4, 0.5) is 0 Å². The molecule has 0 fully saturated rings. The molecule has 0 radical (unpaired) electrons. The minimum atomic E-state index is -3.14. The van der Waals surface area contributed by atoms with E-state index in [9.17, 15) is 22.8 Å². The Balaban J connectivity index is 1.88. The lowest BCUT2D eigenvalue weighted by atomic mass is 10.1. The van der Waals surface area contributed by atoms with E-state index in [2.05, 4.69) is 21.2 Å². The predicted octanol–water partition coefficient (Wildman–Crippen LogP) is 0.986. The van der Waals surface area contributed by atoms with Crippen molar-refractivity contribution in [3.05, 3.63) is 33.8 Å². The third-order valence-corrected chi connectivity index (χ3v) is 5.87. The molecule has 0 aromatic heterocycles. The molecule has 3 amide bonds. The van der Waals surface area contributed by atoms with E-state index in [4.69, 9.17) is 0 Å². The summed E-state index contributed by atoms with van der Waals surface area (Å²) in [5.41, 5.74) is 0.626. The molecule has 0 bridgehead atoms. The number of halogens is 1. The zero-order valence-electron chi connectivity index (χ0n) is 13.0. The molecular formula is C15H17BrN2O5S. The van der Waals surface area contributed by atoms with Crippen LogP contribution in [0.1, 0.15) is 34.1 Å². The zero-order valence-corrected chi connectivity index (χ0v) is 15.4. The van der Waals surface area contributed by atoms with Gasteiger partial charge in [0.05, 0.1) is 16.9 Å². The maximum absolute atomic E-state index is 12.2. The van der Waals surface area contributed by atoms with Gasteiger partial charge in [-0.2, -0.15) is 0 Å². The van der Waals surface area contributed by atoms with Crippen molar-refractivity contribution < 1.29 is 22.8 Å². The van der Waals surface area contributed by atoms with Crippen LogP contribution in [0.5, 0.6) is 0 Å². The topological polar surface area (TPSA) is 101 Å². The van der Waals surface area contributed by atoms with Crippen molar-refractivity contribution in [2.75, 3.05) is 24.6 Å². The molecule has 1 heterocycles. The smallest absolute Gasteiger partial charge is 0.261 e. The van der Waals surface area contributed by atoms with Gasteiger partial charge in [0, 0.05) is 29.7 Å². The summed E-state index contributed by atoms with van der Waals surface area (Å²) < 4.78 is 23.4. The maximum Gasteiger partial charge on any atom is 0.261 e. The first-order valence-electron chi connectivity index (χ1n) is 7.38.